The van der Waals surface area contributed by atoms with Crippen LogP contribution in [0.3, 0.4) is 0 Å². The topological polar surface area (TPSA) is 75.8 Å². The van der Waals surface area contributed by atoms with Crippen LogP contribution in [-0.4, -0.2) is 17.6 Å². The molecule has 0 unspecified atom stereocenters. The Morgan fingerprint density at radius 2 is 2.18 bits per heavy atom. The first-order valence-corrected chi connectivity index (χ1v) is 4.96. The summed E-state index contributed by atoms with van der Waals surface area (Å²) >= 11 is 0. The first-order valence-electron chi connectivity index (χ1n) is 4.96. The van der Waals surface area contributed by atoms with Gasteiger partial charge in [-0.15, -0.1) is 0 Å². The predicted octanol–water partition coefficient (Wildman–Crippen LogP) is 1.84. The normalized spacial score (nSPS) is 10.0. The molecular formula is C12H10N2O3. The van der Waals surface area contributed by atoms with Crippen molar-refractivity contribution in [3.05, 3.63) is 45.8 Å². The van der Waals surface area contributed by atoms with E-state index in [0.29, 0.717) is 28.0 Å². The molecule has 0 bridgehead atoms. The second-order valence-corrected chi connectivity index (χ2v) is 3.53. The molecule has 0 aliphatic rings. The molecule has 5 heteroatoms. The summed E-state index contributed by atoms with van der Waals surface area (Å²) in [5, 5.41) is 0.695. The summed E-state index contributed by atoms with van der Waals surface area (Å²) in [5.41, 5.74) is 9.57. The summed E-state index contributed by atoms with van der Waals surface area (Å²) in [6, 6.07) is 6.41. The maximum absolute atomic E-state index is 11.4. The van der Waals surface area contributed by atoms with Crippen LogP contribution in [0.1, 0.15) is 12.5 Å². The summed E-state index contributed by atoms with van der Waals surface area (Å²) in [6.45, 7) is 1.61. The highest BCUT2D eigenvalue weighted by Gasteiger charge is 2.13. The quantitative estimate of drug-likeness (QED) is 0.342. The lowest BCUT2D eigenvalue weighted by Crippen LogP contribution is -2.05. The minimum absolute atomic E-state index is 0.355. The third kappa shape index (κ3) is 1.96. The van der Waals surface area contributed by atoms with Crippen LogP contribution < -0.4 is 10.4 Å². The fourth-order valence-corrected chi connectivity index (χ4v) is 1.62. The summed E-state index contributed by atoms with van der Waals surface area (Å²) in [5.74, 6) is 0.594. The van der Waals surface area contributed by atoms with E-state index in [9.17, 15) is 4.79 Å². The van der Waals surface area contributed by atoms with Crippen molar-refractivity contribution in [1.29, 1.82) is 0 Å². The molecule has 0 radical (unpaired) electrons. The van der Waals surface area contributed by atoms with Crippen molar-refractivity contribution in [2.75, 3.05) is 7.11 Å². The Morgan fingerprint density at radius 1 is 1.41 bits per heavy atom. The molecule has 0 N–H and O–H groups in total. The lowest BCUT2D eigenvalue weighted by molar-refractivity contribution is -0.00451. The van der Waals surface area contributed by atoms with Crippen LogP contribution in [0.2, 0.25) is 0 Å². The Hall–Kier alpha value is -2.39. The standard InChI is InChI=1S/C12H10N2O3/c1-7(14-13)10-6-12(15)17-11-5-8(16-2)3-4-9(10)11/h3-6H,1-2H3. The number of benzene rings is 1. The van der Waals surface area contributed by atoms with Crippen molar-refractivity contribution in [3.63, 3.8) is 0 Å². The average Bonchev–Trinajstić information content (AvgIpc) is 2.35. The van der Waals surface area contributed by atoms with Gasteiger partial charge in [0.2, 0.25) is 0 Å². The molecule has 1 aromatic carbocycles. The minimum atomic E-state index is -0.497. The number of hydrogen-bond acceptors (Lipinski definition) is 3. The van der Waals surface area contributed by atoms with Gasteiger partial charge in [0, 0.05) is 24.4 Å². The van der Waals surface area contributed by atoms with Crippen molar-refractivity contribution in [1.82, 2.24) is 0 Å². The molecular weight excluding hydrogens is 220 g/mol. The molecule has 2 rings (SSSR count). The summed E-state index contributed by atoms with van der Waals surface area (Å²) < 4.78 is 10.1. The zero-order valence-electron chi connectivity index (χ0n) is 9.43. The van der Waals surface area contributed by atoms with Gasteiger partial charge < -0.3 is 14.7 Å². The van der Waals surface area contributed by atoms with Gasteiger partial charge in [-0.3, -0.25) is 0 Å². The summed E-state index contributed by atoms with van der Waals surface area (Å²) in [7, 11) is 1.53. The molecule has 1 heterocycles. The largest absolute Gasteiger partial charge is 0.497 e. The van der Waals surface area contributed by atoms with E-state index in [0.717, 1.165) is 0 Å². The zero-order valence-corrected chi connectivity index (χ0v) is 9.43. The minimum Gasteiger partial charge on any atom is -0.497 e. The van der Waals surface area contributed by atoms with Gasteiger partial charge in [0.05, 0.1) is 12.7 Å². The second kappa shape index (κ2) is 4.23. The van der Waals surface area contributed by atoms with Gasteiger partial charge >= 0.3 is 5.63 Å². The van der Waals surface area contributed by atoms with Gasteiger partial charge in [-0.1, -0.05) is 0 Å². The van der Waals surface area contributed by atoms with Gasteiger partial charge in [0.25, 0.3) is 5.71 Å². The van der Waals surface area contributed by atoms with E-state index < -0.39 is 5.63 Å². The van der Waals surface area contributed by atoms with Crippen molar-refractivity contribution in [2.45, 2.75) is 6.92 Å². The second-order valence-electron chi connectivity index (χ2n) is 3.53. The van der Waals surface area contributed by atoms with Crippen LogP contribution in [0.4, 0.5) is 0 Å². The molecule has 86 valence electrons. The van der Waals surface area contributed by atoms with Gasteiger partial charge in [0.1, 0.15) is 11.3 Å². The van der Waals surface area contributed by atoms with Crippen LogP contribution in [0, 0.1) is 0 Å². The molecule has 17 heavy (non-hydrogen) atoms. The number of hydrogen-bond donors (Lipinski definition) is 0. The van der Waals surface area contributed by atoms with E-state index in [2.05, 4.69) is 4.79 Å². The van der Waals surface area contributed by atoms with Crippen LogP contribution in [0.15, 0.2) is 33.5 Å². The fourth-order valence-electron chi connectivity index (χ4n) is 1.62. The van der Waals surface area contributed by atoms with Gasteiger partial charge in [-0.25, -0.2) is 4.79 Å². The van der Waals surface area contributed by atoms with Crippen molar-refractivity contribution < 1.29 is 13.9 Å². The van der Waals surface area contributed by atoms with Gasteiger partial charge in [-0.2, -0.15) is 4.79 Å². The highest BCUT2D eigenvalue weighted by molar-refractivity contribution is 6.05. The molecule has 0 amide bonds. The van der Waals surface area contributed by atoms with Crippen LogP contribution >= 0.6 is 0 Å². The molecule has 1 aromatic heterocycles. The highest BCUT2D eigenvalue weighted by Crippen LogP contribution is 2.22. The van der Waals surface area contributed by atoms with E-state index in [-0.39, 0.29) is 0 Å². The predicted molar refractivity (Wildman–Crippen MR) is 62.4 cm³/mol. The Labute approximate surface area is 96.9 Å². The summed E-state index contributed by atoms with van der Waals surface area (Å²) in [4.78, 5) is 14.5. The first kappa shape index (κ1) is 11.1. The molecule has 0 saturated heterocycles. The maximum Gasteiger partial charge on any atom is 0.337 e. The molecule has 0 aliphatic carbocycles. The van der Waals surface area contributed by atoms with E-state index in [4.69, 9.17) is 14.7 Å². The van der Waals surface area contributed by atoms with Gasteiger partial charge in [0.15, 0.2) is 0 Å². The first-order chi connectivity index (χ1) is 8.15. The Bertz CT molecular complexity index is 682. The third-order valence-electron chi connectivity index (χ3n) is 2.49. The molecule has 0 atom stereocenters. The Balaban J connectivity index is 2.86. The lowest BCUT2D eigenvalue weighted by Gasteiger charge is -2.02. The molecule has 0 aliphatic heterocycles. The van der Waals surface area contributed by atoms with Crippen LogP contribution in [0.25, 0.3) is 16.5 Å². The van der Waals surface area contributed by atoms with Crippen molar-refractivity contribution in [3.8, 4) is 5.75 Å². The zero-order chi connectivity index (χ0) is 12.4. The monoisotopic (exact) mass is 230 g/mol. The fraction of sp³-hybridized carbons (Fsp3) is 0.167. The molecule has 2 aromatic rings. The number of ether oxygens (including phenoxy) is 1. The SMILES string of the molecule is COc1ccc2c(C(C)=[N+]=[N-])cc(=O)oc2c1. The number of methoxy groups -OCH3 is 1. The van der Waals surface area contributed by atoms with E-state index in [1.165, 1.54) is 13.2 Å². The third-order valence-corrected chi connectivity index (χ3v) is 2.49. The van der Waals surface area contributed by atoms with E-state index in [1.807, 2.05) is 0 Å². The molecule has 0 spiro atoms. The van der Waals surface area contributed by atoms with E-state index in [1.54, 1.807) is 25.1 Å². The van der Waals surface area contributed by atoms with Gasteiger partial charge in [-0.05, 0) is 12.1 Å². The lowest BCUT2D eigenvalue weighted by atomic mass is 10.1. The average molecular weight is 230 g/mol. The van der Waals surface area contributed by atoms with Crippen LogP contribution in [-0.2, 0) is 0 Å². The molecule has 0 fully saturated rings. The molecule has 5 nitrogen and oxygen atoms in total. The number of fused-ring (bicyclic) bond motifs is 1. The number of rotatable bonds is 2. The van der Waals surface area contributed by atoms with Crippen molar-refractivity contribution >= 4 is 16.7 Å². The van der Waals surface area contributed by atoms with Crippen molar-refractivity contribution in [2.24, 2.45) is 0 Å². The van der Waals surface area contributed by atoms with Crippen LogP contribution in [0.5, 0.6) is 5.75 Å². The smallest absolute Gasteiger partial charge is 0.337 e. The Morgan fingerprint density at radius 3 is 2.82 bits per heavy atom. The summed E-state index contributed by atoms with van der Waals surface area (Å²) in [6.07, 6.45) is 0. The maximum atomic E-state index is 11.4. The highest BCUT2D eigenvalue weighted by atomic mass is 16.5. The molecule has 0 saturated carbocycles. The Kier molecular flexibility index (Phi) is 2.77. The number of nitrogens with zero attached hydrogens (tertiary/aromatic N) is 2. The van der Waals surface area contributed by atoms with E-state index >= 15 is 0 Å².